The molecule has 0 aliphatic carbocycles. The van der Waals surface area contributed by atoms with Gasteiger partial charge in [0.15, 0.2) is 5.03 Å². The molecule has 0 spiro atoms. The van der Waals surface area contributed by atoms with Crippen molar-refractivity contribution in [3.63, 3.8) is 0 Å². The van der Waals surface area contributed by atoms with E-state index in [0.29, 0.717) is 15.7 Å². The molecule has 2 rings (SSSR count). The lowest BCUT2D eigenvalue weighted by atomic mass is 10.2. The minimum absolute atomic E-state index is 0.0476. The van der Waals surface area contributed by atoms with Crippen molar-refractivity contribution < 1.29 is 8.42 Å². The Bertz CT molecular complexity index is 770. The van der Waals surface area contributed by atoms with Crippen LogP contribution in [0.3, 0.4) is 0 Å². The number of halogens is 1. The van der Waals surface area contributed by atoms with Gasteiger partial charge in [-0.2, -0.15) is 13.5 Å². The highest BCUT2D eigenvalue weighted by molar-refractivity contribution is 9.10. The Morgan fingerprint density at radius 1 is 1.45 bits per heavy atom. The van der Waals surface area contributed by atoms with E-state index >= 15 is 0 Å². The summed E-state index contributed by atoms with van der Waals surface area (Å²) in [7, 11) is -2.21. The number of hydrogen-bond donors (Lipinski definition) is 2. The number of sulfonamides is 1. The zero-order chi connectivity index (χ0) is 14.9. The molecule has 0 aliphatic heterocycles. The number of benzene rings is 1. The third kappa shape index (κ3) is 3.00. The highest BCUT2D eigenvalue weighted by Gasteiger charge is 2.20. The van der Waals surface area contributed by atoms with Crippen LogP contribution in [0.25, 0.3) is 0 Å². The van der Waals surface area contributed by atoms with Crippen LogP contribution in [0.15, 0.2) is 40.0 Å². The summed E-state index contributed by atoms with van der Waals surface area (Å²) in [4.78, 5) is 0.111. The van der Waals surface area contributed by atoms with Gasteiger partial charge in [-0.3, -0.25) is 9.40 Å². The van der Waals surface area contributed by atoms with Crippen molar-refractivity contribution in [3.8, 4) is 0 Å². The molecule has 0 aliphatic rings. The first kappa shape index (κ1) is 14.9. The molecule has 1 aromatic heterocycles. The molecule has 0 unspecified atom stereocenters. The number of anilines is 1. The molecule has 20 heavy (non-hydrogen) atoms. The fourth-order valence-corrected chi connectivity index (χ4v) is 3.38. The molecule has 0 bridgehead atoms. The van der Waals surface area contributed by atoms with Crippen molar-refractivity contribution in [1.29, 1.82) is 0 Å². The largest absolute Gasteiger partial charge is 0.389 e. The molecule has 106 valence electrons. The first-order chi connectivity index (χ1) is 9.31. The predicted molar refractivity (Wildman–Crippen MR) is 84.0 cm³/mol. The highest BCUT2D eigenvalue weighted by Crippen LogP contribution is 2.24. The van der Waals surface area contributed by atoms with Gasteiger partial charge in [0.2, 0.25) is 0 Å². The third-order valence-electron chi connectivity index (χ3n) is 2.54. The number of thiocarbonyl (C=S) groups is 1. The SMILES string of the molecule is Cn1nccc1S(=O)(=O)Nc1cc(Br)ccc1C(N)=S. The van der Waals surface area contributed by atoms with E-state index < -0.39 is 10.0 Å². The number of nitrogens with zero attached hydrogens (tertiary/aromatic N) is 2. The minimum Gasteiger partial charge on any atom is -0.389 e. The maximum Gasteiger partial charge on any atom is 0.279 e. The summed E-state index contributed by atoms with van der Waals surface area (Å²) < 4.78 is 29.0. The average Bonchev–Trinajstić information content (AvgIpc) is 2.75. The Labute approximate surface area is 130 Å². The van der Waals surface area contributed by atoms with E-state index in [1.807, 2.05) is 0 Å². The Morgan fingerprint density at radius 2 is 2.15 bits per heavy atom. The minimum atomic E-state index is -3.76. The van der Waals surface area contributed by atoms with Gasteiger partial charge in [0.25, 0.3) is 10.0 Å². The van der Waals surface area contributed by atoms with Gasteiger partial charge in [-0.25, -0.2) is 0 Å². The lowest BCUT2D eigenvalue weighted by molar-refractivity contribution is 0.582. The number of nitrogens with two attached hydrogens (primary N) is 1. The number of rotatable bonds is 4. The lowest BCUT2D eigenvalue weighted by Crippen LogP contribution is -2.20. The van der Waals surface area contributed by atoms with Crippen LogP contribution in [-0.4, -0.2) is 23.2 Å². The number of hydrogen-bond acceptors (Lipinski definition) is 4. The molecule has 0 fully saturated rings. The molecule has 0 atom stereocenters. The molecule has 1 heterocycles. The second-order valence-electron chi connectivity index (χ2n) is 3.95. The predicted octanol–water partition coefficient (Wildman–Crippen LogP) is 1.62. The number of aromatic nitrogens is 2. The molecule has 3 N–H and O–H groups in total. The maximum atomic E-state index is 12.3. The second-order valence-corrected chi connectivity index (χ2v) is 6.94. The molecule has 0 saturated carbocycles. The molecular formula is C11H11BrN4O2S2. The van der Waals surface area contributed by atoms with E-state index in [9.17, 15) is 8.42 Å². The third-order valence-corrected chi connectivity index (χ3v) is 4.70. The molecule has 2 aromatic rings. The van der Waals surface area contributed by atoms with Crippen LogP contribution in [0.1, 0.15) is 5.56 Å². The van der Waals surface area contributed by atoms with Crippen LogP contribution >= 0.6 is 28.1 Å². The smallest absolute Gasteiger partial charge is 0.279 e. The highest BCUT2D eigenvalue weighted by atomic mass is 79.9. The first-order valence-corrected chi connectivity index (χ1v) is 8.10. The van der Waals surface area contributed by atoms with Gasteiger partial charge in [0.1, 0.15) is 4.99 Å². The van der Waals surface area contributed by atoms with Gasteiger partial charge < -0.3 is 5.73 Å². The topological polar surface area (TPSA) is 90.0 Å². The van der Waals surface area contributed by atoms with E-state index in [0.717, 1.165) is 0 Å². The van der Waals surface area contributed by atoms with Gasteiger partial charge in [-0.15, -0.1) is 0 Å². The standard InChI is InChI=1S/C11H11BrN4O2S2/c1-16-10(4-5-14-16)20(17,18)15-9-6-7(12)2-3-8(9)11(13)19/h2-6,15H,1H3,(H2,13,19). The summed E-state index contributed by atoms with van der Waals surface area (Å²) in [5.41, 5.74) is 6.36. The molecule has 0 amide bonds. The van der Waals surface area contributed by atoms with Crippen LogP contribution in [0.2, 0.25) is 0 Å². The lowest BCUT2D eigenvalue weighted by Gasteiger charge is -2.12. The Balaban J connectivity index is 2.47. The van der Waals surface area contributed by atoms with Crippen LogP contribution < -0.4 is 10.5 Å². The van der Waals surface area contributed by atoms with E-state index in [1.54, 1.807) is 25.2 Å². The Kier molecular flexibility index (Phi) is 4.11. The van der Waals surface area contributed by atoms with Crippen molar-refractivity contribution in [2.24, 2.45) is 12.8 Å². The normalized spacial score (nSPS) is 11.3. The van der Waals surface area contributed by atoms with Gasteiger partial charge in [0, 0.05) is 17.1 Å². The molecule has 9 heteroatoms. The van der Waals surface area contributed by atoms with Crippen molar-refractivity contribution in [3.05, 3.63) is 40.5 Å². The van der Waals surface area contributed by atoms with E-state index in [4.69, 9.17) is 18.0 Å². The number of aryl methyl sites for hydroxylation is 1. The molecule has 6 nitrogen and oxygen atoms in total. The van der Waals surface area contributed by atoms with Crippen molar-refractivity contribution in [2.45, 2.75) is 5.03 Å². The summed E-state index contributed by atoms with van der Waals surface area (Å²) in [6.45, 7) is 0. The maximum absolute atomic E-state index is 12.3. The average molecular weight is 375 g/mol. The zero-order valence-electron chi connectivity index (χ0n) is 10.4. The number of nitrogens with one attached hydrogen (secondary N) is 1. The fraction of sp³-hybridized carbons (Fsp3) is 0.0909. The molecule has 1 aromatic carbocycles. The summed E-state index contributed by atoms with van der Waals surface area (Å²) in [6, 6.07) is 6.38. The van der Waals surface area contributed by atoms with Crippen LogP contribution in [-0.2, 0) is 17.1 Å². The van der Waals surface area contributed by atoms with E-state index in [-0.39, 0.29) is 10.0 Å². The molecule has 0 saturated heterocycles. The Morgan fingerprint density at radius 3 is 2.70 bits per heavy atom. The summed E-state index contributed by atoms with van der Waals surface area (Å²) in [5, 5.41) is 3.88. The second kappa shape index (κ2) is 5.51. The fourth-order valence-electron chi connectivity index (χ4n) is 1.64. The van der Waals surface area contributed by atoms with Crippen LogP contribution in [0.5, 0.6) is 0 Å². The van der Waals surface area contributed by atoms with Gasteiger partial charge >= 0.3 is 0 Å². The van der Waals surface area contributed by atoms with Crippen molar-refractivity contribution >= 4 is 48.8 Å². The van der Waals surface area contributed by atoms with Crippen molar-refractivity contribution in [1.82, 2.24) is 9.78 Å². The van der Waals surface area contributed by atoms with E-state index in [2.05, 4.69) is 25.8 Å². The Hall–Kier alpha value is -1.45. The van der Waals surface area contributed by atoms with Gasteiger partial charge in [-0.05, 0) is 24.3 Å². The molecule has 0 radical (unpaired) electrons. The first-order valence-electron chi connectivity index (χ1n) is 5.41. The summed E-state index contributed by atoms with van der Waals surface area (Å²) in [5.74, 6) is 0. The quantitative estimate of drug-likeness (QED) is 0.793. The van der Waals surface area contributed by atoms with Crippen LogP contribution in [0, 0.1) is 0 Å². The van der Waals surface area contributed by atoms with Crippen molar-refractivity contribution in [2.75, 3.05) is 4.72 Å². The van der Waals surface area contributed by atoms with Gasteiger partial charge in [-0.1, -0.05) is 28.1 Å². The molecular weight excluding hydrogens is 364 g/mol. The zero-order valence-corrected chi connectivity index (χ0v) is 13.6. The van der Waals surface area contributed by atoms with Gasteiger partial charge in [0.05, 0.1) is 11.9 Å². The summed E-state index contributed by atoms with van der Waals surface area (Å²) in [6.07, 6.45) is 1.41. The van der Waals surface area contributed by atoms with E-state index in [1.165, 1.54) is 16.9 Å². The monoisotopic (exact) mass is 374 g/mol. The van der Waals surface area contributed by atoms with Crippen LogP contribution in [0.4, 0.5) is 5.69 Å². The summed E-state index contributed by atoms with van der Waals surface area (Å²) >= 11 is 8.20.